The minimum absolute atomic E-state index is 0.171. The number of carboxylic acid groups (broad SMARTS) is 1. The summed E-state index contributed by atoms with van der Waals surface area (Å²) < 4.78 is 0. The monoisotopic (exact) mass is 237 g/mol. The first kappa shape index (κ1) is 15.5. The van der Waals surface area contributed by atoms with Crippen LogP contribution in [0.3, 0.4) is 0 Å². The molecule has 1 rings (SSSR count). The lowest BCUT2D eigenvalue weighted by Gasteiger charge is -2.00. The fourth-order valence-corrected chi connectivity index (χ4v) is 1.36. The van der Waals surface area contributed by atoms with Crippen LogP contribution in [0.2, 0.25) is 0 Å². The van der Waals surface area contributed by atoms with Crippen LogP contribution in [0, 0.1) is 6.92 Å². The minimum atomic E-state index is -0.980. The van der Waals surface area contributed by atoms with Crippen molar-refractivity contribution in [2.24, 2.45) is 0 Å². The van der Waals surface area contributed by atoms with Gasteiger partial charge in [0.2, 0.25) is 0 Å². The van der Waals surface area contributed by atoms with E-state index in [0.717, 1.165) is 5.56 Å². The van der Waals surface area contributed by atoms with E-state index in [2.05, 4.69) is 13.8 Å². The van der Waals surface area contributed by atoms with Crippen molar-refractivity contribution in [3.63, 3.8) is 0 Å². The molecule has 3 nitrogen and oxygen atoms in total. The molecule has 0 unspecified atom stereocenters. The number of rotatable bonds is 4. The number of benzene rings is 1. The normalized spacial score (nSPS) is 9.35. The van der Waals surface area contributed by atoms with Gasteiger partial charge in [-0.25, -0.2) is 4.79 Å². The number of aromatic carboxylic acids is 1. The van der Waals surface area contributed by atoms with E-state index in [1.54, 1.807) is 18.2 Å². The maximum atomic E-state index is 10.5. The number of unbranched alkanes of at least 4 members (excludes halogenated alkanes) is 3. The molecule has 0 aliphatic carbocycles. The molecule has 3 heteroatoms. The first-order chi connectivity index (χ1) is 8.02. The van der Waals surface area contributed by atoms with Gasteiger partial charge in [-0.15, -0.1) is 0 Å². The number of aryl methyl sites for hydroxylation is 1. The maximum Gasteiger partial charge on any atom is 0.337 e. The smallest absolute Gasteiger partial charge is 0.337 e. The average molecular weight is 237 g/mol. The second kappa shape index (κ2) is 8.62. The second-order valence-electron chi connectivity index (χ2n) is 4.10. The molecule has 0 aliphatic rings. The molecule has 0 aromatic heterocycles. The number of carboxylic acids is 1. The van der Waals surface area contributed by atoms with Crippen LogP contribution in [0.4, 0.5) is 5.69 Å². The van der Waals surface area contributed by atoms with Crippen molar-refractivity contribution in [1.29, 1.82) is 0 Å². The SMILES string of the molecule is CCCCCC.Cc1ccc(N)c(C(=O)O)c1. The molecular weight excluding hydrogens is 214 g/mol. The molecule has 0 amide bonds. The molecule has 0 fully saturated rings. The Morgan fingerprint density at radius 1 is 1.24 bits per heavy atom. The lowest BCUT2D eigenvalue weighted by atomic mass is 10.1. The van der Waals surface area contributed by atoms with Crippen molar-refractivity contribution in [3.8, 4) is 0 Å². The highest BCUT2D eigenvalue weighted by molar-refractivity contribution is 5.93. The van der Waals surface area contributed by atoms with Gasteiger partial charge < -0.3 is 10.8 Å². The van der Waals surface area contributed by atoms with Crippen molar-refractivity contribution in [2.45, 2.75) is 46.5 Å². The summed E-state index contributed by atoms with van der Waals surface area (Å²) >= 11 is 0. The zero-order valence-electron chi connectivity index (χ0n) is 11.0. The molecule has 0 heterocycles. The fourth-order valence-electron chi connectivity index (χ4n) is 1.36. The molecule has 3 N–H and O–H groups in total. The van der Waals surface area contributed by atoms with Gasteiger partial charge in [-0.05, 0) is 19.1 Å². The van der Waals surface area contributed by atoms with Crippen LogP contribution in [-0.2, 0) is 0 Å². The van der Waals surface area contributed by atoms with E-state index in [4.69, 9.17) is 10.8 Å². The van der Waals surface area contributed by atoms with Gasteiger partial charge in [-0.2, -0.15) is 0 Å². The number of anilines is 1. The second-order valence-corrected chi connectivity index (χ2v) is 4.10. The van der Waals surface area contributed by atoms with Gasteiger partial charge in [0.1, 0.15) is 0 Å². The molecule has 96 valence electrons. The van der Waals surface area contributed by atoms with Crippen molar-refractivity contribution >= 4 is 11.7 Å². The molecule has 0 aliphatic heterocycles. The van der Waals surface area contributed by atoms with Gasteiger partial charge in [0.15, 0.2) is 0 Å². The Hall–Kier alpha value is -1.51. The predicted molar refractivity (Wildman–Crippen MR) is 72.4 cm³/mol. The molecule has 0 spiro atoms. The molecule has 0 atom stereocenters. The molecule has 0 radical (unpaired) electrons. The van der Waals surface area contributed by atoms with E-state index in [1.807, 2.05) is 6.92 Å². The van der Waals surface area contributed by atoms with E-state index in [1.165, 1.54) is 25.7 Å². The van der Waals surface area contributed by atoms with E-state index < -0.39 is 5.97 Å². The van der Waals surface area contributed by atoms with Gasteiger partial charge in [-0.1, -0.05) is 51.2 Å². The van der Waals surface area contributed by atoms with Gasteiger partial charge >= 0.3 is 5.97 Å². The van der Waals surface area contributed by atoms with Gasteiger partial charge in [0.25, 0.3) is 0 Å². The average Bonchev–Trinajstić information content (AvgIpc) is 2.30. The maximum absolute atomic E-state index is 10.5. The quantitative estimate of drug-likeness (QED) is 0.617. The summed E-state index contributed by atoms with van der Waals surface area (Å²) in [7, 11) is 0. The largest absolute Gasteiger partial charge is 0.478 e. The molecule has 0 saturated heterocycles. The number of carbonyl (C=O) groups is 1. The van der Waals surface area contributed by atoms with Crippen LogP contribution < -0.4 is 5.73 Å². The Bertz CT molecular complexity index is 344. The summed E-state index contributed by atoms with van der Waals surface area (Å²) in [6.07, 6.45) is 5.54. The van der Waals surface area contributed by atoms with Crippen LogP contribution in [0.15, 0.2) is 18.2 Å². The fraction of sp³-hybridized carbons (Fsp3) is 0.500. The van der Waals surface area contributed by atoms with E-state index in [0.29, 0.717) is 5.69 Å². The summed E-state index contributed by atoms with van der Waals surface area (Å²) in [4.78, 5) is 10.5. The topological polar surface area (TPSA) is 63.3 Å². The molecule has 0 saturated carbocycles. The van der Waals surface area contributed by atoms with Crippen molar-refractivity contribution < 1.29 is 9.90 Å². The van der Waals surface area contributed by atoms with E-state index in [-0.39, 0.29) is 5.56 Å². The number of nitrogens with two attached hydrogens (primary N) is 1. The molecule has 1 aromatic carbocycles. The zero-order chi connectivity index (χ0) is 13.3. The Kier molecular flexibility index (Phi) is 7.85. The van der Waals surface area contributed by atoms with E-state index >= 15 is 0 Å². The predicted octanol–water partition coefficient (Wildman–Crippen LogP) is 3.86. The molecule has 1 aromatic rings. The lowest BCUT2D eigenvalue weighted by Crippen LogP contribution is -2.02. The summed E-state index contributed by atoms with van der Waals surface area (Å²) in [6.45, 7) is 6.29. The van der Waals surface area contributed by atoms with Crippen molar-refractivity contribution in [3.05, 3.63) is 29.3 Å². The van der Waals surface area contributed by atoms with Crippen LogP contribution in [0.5, 0.6) is 0 Å². The van der Waals surface area contributed by atoms with Crippen LogP contribution in [0.25, 0.3) is 0 Å². The Labute approximate surface area is 104 Å². The highest BCUT2D eigenvalue weighted by Gasteiger charge is 2.06. The Morgan fingerprint density at radius 3 is 2.12 bits per heavy atom. The standard InChI is InChI=1S/C8H9NO2.C6H14/c1-5-2-3-7(9)6(4-5)8(10)11;1-3-5-6-4-2/h2-4H,9H2,1H3,(H,10,11);3-6H2,1-2H3. The van der Waals surface area contributed by atoms with Gasteiger partial charge in [0, 0.05) is 5.69 Å². The Balaban J connectivity index is 0.000000366. The minimum Gasteiger partial charge on any atom is -0.478 e. The highest BCUT2D eigenvalue weighted by atomic mass is 16.4. The summed E-state index contributed by atoms with van der Waals surface area (Å²) in [5.41, 5.74) is 6.79. The van der Waals surface area contributed by atoms with Crippen molar-refractivity contribution in [1.82, 2.24) is 0 Å². The molecule has 0 bridgehead atoms. The third kappa shape index (κ3) is 6.61. The van der Waals surface area contributed by atoms with E-state index in [9.17, 15) is 4.79 Å². The summed E-state index contributed by atoms with van der Waals surface area (Å²) in [5.74, 6) is -0.980. The van der Waals surface area contributed by atoms with Gasteiger partial charge in [0.05, 0.1) is 5.56 Å². The van der Waals surface area contributed by atoms with Crippen LogP contribution in [-0.4, -0.2) is 11.1 Å². The number of hydrogen-bond donors (Lipinski definition) is 2. The van der Waals surface area contributed by atoms with Crippen LogP contribution >= 0.6 is 0 Å². The summed E-state index contributed by atoms with van der Waals surface area (Å²) in [5, 5.41) is 8.61. The molecule has 17 heavy (non-hydrogen) atoms. The first-order valence-electron chi connectivity index (χ1n) is 6.12. The zero-order valence-corrected chi connectivity index (χ0v) is 11.0. The highest BCUT2D eigenvalue weighted by Crippen LogP contribution is 2.12. The number of hydrogen-bond acceptors (Lipinski definition) is 2. The first-order valence-corrected chi connectivity index (χ1v) is 6.12. The lowest BCUT2D eigenvalue weighted by molar-refractivity contribution is 0.0698. The van der Waals surface area contributed by atoms with Crippen molar-refractivity contribution in [2.75, 3.05) is 5.73 Å². The number of nitrogen functional groups attached to an aromatic ring is 1. The third-order valence-electron chi connectivity index (χ3n) is 2.40. The van der Waals surface area contributed by atoms with Gasteiger partial charge in [-0.3, -0.25) is 0 Å². The third-order valence-corrected chi connectivity index (χ3v) is 2.40. The summed E-state index contributed by atoms with van der Waals surface area (Å²) in [6, 6.07) is 4.93. The Morgan fingerprint density at radius 2 is 1.76 bits per heavy atom. The van der Waals surface area contributed by atoms with Crippen LogP contribution in [0.1, 0.15) is 55.5 Å². The molecular formula is C14H23NO2.